The van der Waals surface area contributed by atoms with E-state index in [0.717, 1.165) is 18.8 Å². The maximum absolute atomic E-state index is 12.6. The van der Waals surface area contributed by atoms with E-state index in [9.17, 15) is 4.79 Å². The highest BCUT2D eigenvalue weighted by Gasteiger charge is 2.15. The van der Waals surface area contributed by atoms with Crippen molar-refractivity contribution in [3.8, 4) is 5.75 Å². The third-order valence-electron chi connectivity index (χ3n) is 4.24. The predicted molar refractivity (Wildman–Crippen MR) is 109 cm³/mol. The number of carbonyl (C=O) groups excluding carboxylic acids is 1. The third-order valence-corrected chi connectivity index (χ3v) is 4.54. The SMILES string of the molecule is CC(C)COc1cccc(C(=O)Nc2ccc(N3CCOCC3)c(Cl)c2)c1. The minimum absolute atomic E-state index is 0.194. The molecule has 1 aliphatic heterocycles. The molecule has 144 valence electrons. The fourth-order valence-electron chi connectivity index (χ4n) is 2.84. The van der Waals surface area contributed by atoms with Crippen LogP contribution in [0.4, 0.5) is 11.4 Å². The summed E-state index contributed by atoms with van der Waals surface area (Å²) >= 11 is 6.43. The third kappa shape index (κ3) is 5.37. The lowest BCUT2D eigenvalue weighted by molar-refractivity contribution is 0.102. The van der Waals surface area contributed by atoms with E-state index in [2.05, 4.69) is 24.1 Å². The number of ether oxygens (including phenoxy) is 2. The molecule has 1 saturated heterocycles. The van der Waals surface area contributed by atoms with Gasteiger partial charge in [-0.15, -0.1) is 0 Å². The zero-order valence-electron chi connectivity index (χ0n) is 15.7. The van der Waals surface area contributed by atoms with Crippen LogP contribution in [-0.2, 0) is 4.74 Å². The van der Waals surface area contributed by atoms with Crippen molar-refractivity contribution in [2.45, 2.75) is 13.8 Å². The first-order valence-corrected chi connectivity index (χ1v) is 9.57. The zero-order chi connectivity index (χ0) is 19.2. The number of nitrogens with one attached hydrogen (secondary N) is 1. The monoisotopic (exact) mass is 388 g/mol. The number of carbonyl (C=O) groups is 1. The lowest BCUT2D eigenvalue weighted by Crippen LogP contribution is -2.36. The molecule has 0 aromatic heterocycles. The number of morpholine rings is 1. The second-order valence-corrected chi connectivity index (χ2v) is 7.36. The number of halogens is 1. The number of amides is 1. The molecule has 2 aromatic rings. The number of hydrogen-bond donors (Lipinski definition) is 1. The summed E-state index contributed by atoms with van der Waals surface area (Å²) in [6.07, 6.45) is 0. The Hall–Kier alpha value is -2.24. The Labute approximate surface area is 165 Å². The Morgan fingerprint density at radius 3 is 2.70 bits per heavy atom. The molecule has 2 aromatic carbocycles. The summed E-state index contributed by atoms with van der Waals surface area (Å²) < 4.78 is 11.1. The van der Waals surface area contributed by atoms with Gasteiger partial charge >= 0.3 is 0 Å². The fraction of sp³-hybridized carbons (Fsp3) is 0.381. The Bertz CT molecular complexity index is 789. The molecule has 1 N–H and O–H groups in total. The highest BCUT2D eigenvalue weighted by Crippen LogP contribution is 2.29. The highest BCUT2D eigenvalue weighted by molar-refractivity contribution is 6.33. The van der Waals surface area contributed by atoms with Crippen LogP contribution in [0.25, 0.3) is 0 Å². The van der Waals surface area contributed by atoms with Gasteiger partial charge in [-0.1, -0.05) is 31.5 Å². The average Bonchev–Trinajstić information content (AvgIpc) is 2.67. The van der Waals surface area contributed by atoms with E-state index in [-0.39, 0.29) is 5.91 Å². The van der Waals surface area contributed by atoms with Crippen LogP contribution in [-0.4, -0.2) is 38.8 Å². The molecule has 0 spiro atoms. The van der Waals surface area contributed by atoms with Gasteiger partial charge in [0.15, 0.2) is 0 Å². The Morgan fingerprint density at radius 2 is 2.00 bits per heavy atom. The summed E-state index contributed by atoms with van der Waals surface area (Å²) in [5.41, 5.74) is 2.17. The first-order valence-electron chi connectivity index (χ1n) is 9.19. The Morgan fingerprint density at radius 1 is 1.22 bits per heavy atom. The normalized spacial score (nSPS) is 14.3. The zero-order valence-corrected chi connectivity index (χ0v) is 16.5. The second-order valence-electron chi connectivity index (χ2n) is 6.95. The van der Waals surface area contributed by atoms with Gasteiger partial charge in [0.05, 0.1) is 30.5 Å². The van der Waals surface area contributed by atoms with E-state index in [1.165, 1.54) is 0 Å². The van der Waals surface area contributed by atoms with Gasteiger partial charge in [0, 0.05) is 24.3 Å². The molecular weight excluding hydrogens is 364 g/mol. The number of anilines is 2. The van der Waals surface area contributed by atoms with Crippen molar-refractivity contribution in [2.75, 3.05) is 43.1 Å². The Kier molecular flexibility index (Phi) is 6.58. The van der Waals surface area contributed by atoms with Crippen LogP contribution >= 0.6 is 11.6 Å². The molecule has 0 unspecified atom stereocenters. The summed E-state index contributed by atoms with van der Waals surface area (Å²) in [7, 11) is 0. The van der Waals surface area contributed by atoms with Crippen molar-refractivity contribution >= 4 is 28.9 Å². The molecular formula is C21H25ClN2O3. The Balaban J connectivity index is 1.67. The van der Waals surface area contributed by atoms with E-state index in [4.69, 9.17) is 21.1 Å². The lowest BCUT2D eigenvalue weighted by atomic mass is 10.2. The molecule has 0 radical (unpaired) electrons. The molecule has 0 atom stereocenters. The summed E-state index contributed by atoms with van der Waals surface area (Å²) in [5, 5.41) is 3.51. The van der Waals surface area contributed by atoms with E-state index in [1.54, 1.807) is 18.2 Å². The van der Waals surface area contributed by atoms with Crippen molar-refractivity contribution in [1.29, 1.82) is 0 Å². The summed E-state index contributed by atoms with van der Waals surface area (Å²) in [4.78, 5) is 14.8. The minimum atomic E-state index is -0.194. The van der Waals surface area contributed by atoms with Crippen molar-refractivity contribution < 1.29 is 14.3 Å². The molecule has 0 bridgehead atoms. The maximum Gasteiger partial charge on any atom is 0.255 e. The van der Waals surface area contributed by atoms with Gasteiger partial charge in [-0.25, -0.2) is 0 Å². The van der Waals surface area contributed by atoms with Crippen molar-refractivity contribution in [1.82, 2.24) is 0 Å². The molecule has 5 nitrogen and oxygen atoms in total. The molecule has 1 amide bonds. The van der Waals surface area contributed by atoms with E-state index < -0.39 is 0 Å². The van der Waals surface area contributed by atoms with Crippen LogP contribution in [0, 0.1) is 5.92 Å². The smallest absolute Gasteiger partial charge is 0.255 e. The number of hydrogen-bond acceptors (Lipinski definition) is 4. The van der Waals surface area contributed by atoms with Crippen LogP contribution in [0.5, 0.6) is 5.75 Å². The van der Waals surface area contributed by atoms with Crippen molar-refractivity contribution in [3.05, 3.63) is 53.1 Å². The number of rotatable bonds is 6. The van der Waals surface area contributed by atoms with E-state index in [1.807, 2.05) is 24.3 Å². The number of nitrogens with zero attached hydrogens (tertiary/aromatic N) is 1. The lowest BCUT2D eigenvalue weighted by Gasteiger charge is -2.29. The molecule has 0 saturated carbocycles. The first kappa shape index (κ1) is 19.5. The minimum Gasteiger partial charge on any atom is -0.493 e. The van der Waals surface area contributed by atoms with Crippen LogP contribution in [0.2, 0.25) is 5.02 Å². The predicted octanol–water partition coefficient (Wildman–Crippen LogP) is 4.46. The van der Waals surface area contributed by atoms with Crippen molar-refractivity contribution in [2.24, 2.45) is 5.92 Å². The van der Waals surface area contributed by atoms with Gasteiger partial charge < -0.3 is 19.7 Å². The van der Waals surface area contributed by atoms with Gasteiger partial charge in [0.1, 0.15) is 5.75 Å². The van der Waals surface area contributed by atoms with Crippen LogP contribution in [0.1, 0.15) is 24.2 Å². The van der Waals surface area contributed by atoms with Crippen LogP contribution < -0.4 is 15.0 Å². The summed E-state index contributed by atoms with van der Waals surface area (Å²) in [6.45, 7) is 7.81. The largest absolute Gasteiger partial charge is 0.493 e. The molecule has 6 heteroatoms. The van der Waals surface area contributed by atoms with Gasteiger partial charge in [0.25, 0.3) is 5.91 Å². The molecule has 27 heavy (non-hydrogen) atoms. The van der Waals surface area contributed by atoms with Crippen LogP contribution in [0.15, 0.2) is 42.5 Å². The average molecular weight is 389 g/mol. The quantitative estimate of drug-likeness (QED) is 0.793. The first-order chi connectivity index (χ1) is 13.0. The molecule has 1 heterocycles. The second kappa shape index (κ2) is 9.11. The van der Waals surface area contributed by atoms with Gasteiger partial charge in [-0.3, -0.25) is 4.79 Å². The fourth-order valence-corrected chi connectivity index (χ4v) is 3.14. The van der Waals surface area contributed by atoms with Crippen LogP contribution in [0.3, 0.4) is 0 Å². The van der Waals surface area contributed by atoms with Crippen molar-refractivity contribution in [3.63, 3.8) is 0 Å². The van der Waals surface area contributed by atoms with E-state index >= 15 is 0 Å². The van der Waals surface area contributed by atoms with Gasteiger partial charge in [0.2, 0.25) is 0 Å². The summed E-state index contributed by atoms with van der Waals surface area (Å²) in [5.74, 6) is 0.923. The maximum atomic E-state index is 12.6. The topological polar surface area (TPSA) is 50.8 Å². The highest BCUT2D eigenvalue weighted by atomic mass is 35.5. The van der Waals surface area contributed by atoms with Gasteiger partial charge in [-0.2, -0.15) is 0 Å². The van der Waals surface area contributed by atoms with E-state index in [0.29, 0.717) is 47.8 Å². The molecule has 0 aliphatic carbocycles. The number of benzene rings is 2. The molecule has 1 aliphatic rings. The standard InChI is InChI=1S/C21H25ClN2O3/c1-15(2)14-27-18-5-3-4-16(12-18)21(25)23-17-6-7-20(19(22)13-17)24-8-10-26-11-9-24/h3-7,12-13,15H,8-11,14H2,1-2H3,(H,23,25). The van der Waals surface area contributed by atoms with Gasteiger partial charge in [-0.05, 0) is 42.3 Å². The summed E-state index contributed by atoms with van der Waals surface area (Å²) in [6, 6.07) is 12.8. The molecule has 1 fully saturated rings. The molecule has 3 rings (SSSR count).